The van der Waals surface area contributed by atoms with Crippen molar-refractivity contribution >= 4 is 11.7 Å². The van der Waals surface area contributed by atoms with Crippen LogP contribution in [0.25, 0.3) is 0 Å². The molecule has 4 rings (SSSR count). The molecule has 0 spiro atoms. The van der Waals surface area contributed by atoms with Crippen molar-refractivity contribution in [1.29, 1.82) is 0 Å². The molecule has 0 unspecified atom stereocenters. The van der Waals surface area contributed by atoms with Gasteiger partial charge in [0.1, 0.15) is 18.5 Å². The third-order valence-electron chi connectivity index (χ3n) is 4.68. The molecule has 0 radical (unpaired) electrons. The molecular weight excluding hydrogens is 344 g/mol. The molecule has 2 aromatic heterocycles. The van der Waals surface area contributed by atoms with Crippen molar-refractivity contribution in [2.45, 2.75) is 32.2 Å². The van der Waals surface area contributed by atoms with Gasteiger partial charge >= 0.3 is 6.03 Å². The first kappa shape index (κ1) is 17.2. The number of amides is 2. The highest BCUT2D eigenvalue weighted by atomic mass is 16.2. The van der Waals surface area contributed by atoms with Crippen LogP contribution in [0.15, 0.2) is 36.9 Å². The van der Waals surface area contributed by atoms with Crippen LogP contribution in [-0.2, 0) is 6.54 Å². The predicted molar refractivity (Wildman–Crippen MR) is 99.3 cm³/mol. The normalized spacial score (nSPS) is 17.1. The summed E-state index contributed by atoms with van der Waals surface area (Å²) in [5.74, 6) is 1.77. The molecule has 0 bridgehead atoms. The lowest BCUT2D eigenvalue weighted by Crippen LogP contribution is -2.41. The molecule has 1 aliphatic rings. The summed E-state index contributed by atoms with van der Waals surface area (Å²) in [7, 11) is 0. The minimum Gasteiger partial charge on any atom is -0.324 e. The zero-order valence-electron chi connectivity index (χ0n) is 15.2. The molecule has 2 amide bonds. The fourth-order valence-electron chi connectivity index (χ4n) is 3.37. The zero-order valence-corrected chi connectivity index (χ0v) is 15.2. The number of likely N-dealkylation sites (tertiary alicyclic amines) is 1. The van der Waals surface area contributed by atoms with Gasteiger partial charge in [-0.3, -0.25) is 5.10 Å². The average Bonchev–Trinajstić information content (AvgIpc) is 3.34. The molecule has 3 aromatic rings. The summed E-state index contributed by atoms with van der Waals surface area (Å²) in [4.78, 5) is 22.9. The molecule has 0 saturated carbocycles. The van der Waals surface area contributed by atoms with Gasteiger partial charge in [0.15, 0.2) is 5.82 Å². The lowest BCUT2D eigenvalue weighted by atomic mass is 9.97. The van der Waals surface area contributed by atoms with Gasteiger partial charge < -0.3 is 10.2 Å². The second kappa shape index (κ2) is 7.56. The largest absolute Gasteiger partial charge is 0.324 e. The van der Waals surface area contributed by atoms with Gasteiger partial charge in [-0.25, -0.2) is 19.4 Å². The summed E-state index contributed by atoms with van der Waals surface area (Å²) in [5.41, 5.74) is 1.82. The summed E-state index contributed by atoms with van der Waals surface area (Å²) < 4.78 is 1.75. The van der Waals surface area contributed by atoms with Gasteiger partial charge in [-0.1, -0.05) is 12.1 Å². The lowest BCUT2D eigenvalue weighted by Gasteiger charge is -2.31. The number of aryl methyl sites for hydroxylation is 1. The van der Waals surface area contributed by atoms with E-state index in [1.54, 1.807) is 11.0 Å². The van der Waals surface area contributed by atoms with Gasteiger partial charge in [-0.15, -0.1) is 0 Å². The second-order valence-corrected chi connectivity index (χ2v) is 6.79. The van der Waals surface area contributed by atoms with Crippen LogP contribution >= 0.6 is 0 Å². The monoisotopic (exact) mass is 366 g/mol. The van der Waals surface area contributed by atoms with Crippen LogP contribution in [-0.4, -0.2) is 54.0 Å². The Morgan fingerprint density at radius 3 is 3.11 bits per heavy atom. The molecule has 1 aromatic carbocycles. The number of aromatic amines is 1. The Labute approximate surface area is 156 Å². The Morgan fingerprint density at radius 1 is 1.41 bits per heavy atom. The van der Waals surface area contributed by atoms with E-state index >= 15 is 0 Å². The first-order valence-corrected chi connectivity index (χ1v) is 9.03. The Balaban J connectivity index is 1.39. The number of rotatable bonds is 4. The van der Waals surface area contributed by atoms with Crippen molar-refractivity contribution in [3.63, 3.8) is 0 Å². The fourth-order valence-corrected chi connectivity index (χ4v) is 3.37. The number of nitrogens with zero attached hydrogens (tertiary/aromatic N) is 6. The third kappa shape index (κ3) is 4.13. The molecule has 2 N–H and O–H groups in total. The molecule has 140 valence electrons. The van der Waals surface area contributed by atoms with Crippen LogP contribution in [0, 0.1) is 6.92 Å². The maximum Gasteiger partial charge on any atom is 0.321 e. The molecule has 3 heterocycles. The molecule has 9 heteroatoms. The van der Waals surface area contributed by atoms with E-state index < -0.39 is 0 Å². The number of piperidine rings is 1. The van der Waals surface area contributed by atoms with Crippen molar-refractivity contribution in [1.82, 2.24) is 34.8 Å². The van der Waals surface area contributed by atoms with E-state index in [1.165, 1.54) is 6.33 Å². The Morgan fingerprint density at radius 2 is 2.33 bits per heavy atom. The van der Waals surface area contributed by atoms with E-state index in [0.29, 0.717) is 13.1 Å². The Hall–Kier alpha value is -3.23. The standard InChI is InChI=1S/C18H22N8O/c1-13-21-17(24-23-13)15-5-3-7-25(10-15)18(27)22-16-6-2-4-14(8-16)9-26-12-19-11-20-26/h2,4,6,8,11-12,15H,3,5,7,9-10H2,1H3,(H,22,27)(H,21,23,24)/t15-/m0/s1. The maximum atomic E-state index is 12.7. The number of H-pyrrole nitrogens is 1. The Kier molecular flexibility index (Phi) is 4.82. The van der Waals surface area contributed by atoms with Crippen LogP contribution in [0.5, 0.6) is 0 Å². The van der Waals surface area contributed by atoms with Gasteiger partial charge in [0.05, 0.1) is 6.54 Å². The van der Waals surface area contributed by atoms with E-state index in [0.717, 1.165) is 42.3 Å². The van der Waals surface area contributed by atoms with Crippen LogP contribution in [0.4, 0.5) is 10.5 Å². The minimum absolute atomic E-state index is 0.0927. The number of carbonyl (C=O) groups is 1. The zero-order chi connectivity index (χ0) is 18.6. The maximum absolute atomic E-state index is 12.7. The van der Waals surface area contributed by atoms with E-state index in [-0.39, 0.29) is 11.9 Å². The number of aromatic nitrogens is 6. The predicted octanol–water partition coefficient (Wildman–Crippen LogP) is 2.16. The number of carbonyl (C=O) groups excluding carboxylic acids is 1. The number of hydrogen-bond donors (Lipinski definition) is 2. The number of hydrogen-bond acceptors (Lipinski definition) is 5. The Bertz CT molecular complexity index is 904. The fraction of sp³-hybridized carbons (Fsp3) is 0.389. The molecule has 1 fully saturated rings. The highest BCUT2D eigenvalue weighted by Gasteiger charge is 2.27. The van der Waals surface area contributed by atoms with Crippen molar-refractivity contribution < 1.29 is 4.79 Å². The van der Waals surface area contributed by atoms with Gasteiger partial charge in [-0.2, -0.15) is 10.2 Å². The van der Waals surface area contributed by atoms with Gasteiger partial charge in [0.25, 0.3) is 0 Å². The topological polar surface area (TPSA) is 105 Å². The first-order valence-electron chi connectivity index (χ1n) is 9.03. The molecule has 9 nitrogen and oxygen atoms in total. The molecule has 1 atom stereocenters. The van der Waals surface area contributed by atoms with Gasteiger partial charge in [0, 0.05) is 24.7 Å². The highest BCUT2D eigenvalue weighted by molar-refractivity contribution is 5.89. The second-order valence-electron chi connectivity index (χ2n) is 6.79. The molecule has 0 aliphatic carbocycles. The minimum atomic E-state index is -0.0927. The highest BCUT2D eigenvalue weighted by Crippen LogP contribution is 2.25. The number of urea groups is 1. The smallest absolute Gasteiger partial charge is 0.321 e. The molecule has 27 heavy (non-hydrogen) atoms. The van der Waals surface area contributed by atoms with E-state index in [4.69, 9.17) is 0 Å². The number of anilines is 1. The number of nitrogens with one attached hydrogen (secondary N) is 2. The summed E-state index contributed by atoms with van der Waals surface area (Å²) in [6.07, 6.45) is 5.12. The van der Waals surface area contributed by atoms with E-state index in [9.17, 15) is 4.79 Å². The number of benzene rings is 1. The molecule has 1 aliphatic heterocycles. The summed E-state index contributed by atoms with van der Waals surface area (Å²) in [5, 5.41) is 14.3. The van der Waals surface area contributed by atoms with Gasteiger partial charge in [-0.05, 0) is 37.5 Å². The van der Waals surface area contributed by atoms with E-state index in [1.807, 2.05) is 36.1 Å². The quantitative estimate of drug-likeness (QED) is 0.736. The third-order valence-corrected chi connectivity index (χ3v) is 4.68. The van der Waals surface area contributed by atoms with Crippen LogP contribution in [0.3, 0.4) is 0 Å². The lowest BCUT2D eigenvalue weighted by molar-refractivity contribution is 0.191. The van der Waals surface area contributed by atoms with Crippen molar-refractivity contribution in [3.8, 4) is 0 Å². The SMILES string of the molecule is Cc1nc([C@H]2CCCN(C(=O)Nc3cccc(Cn4cncn4)c3)C2)n[nH]1. The summed E-state index contributed by atoms with van der Waals surface area (Å²) in [6, 6.07) is 7.68. The summed E-state index contributed by atoms with van der Waals surface area (Å²) in [6.45, 7) is 3.86. The van der Waals surface area contributed by atoms with E-state index in [2.05, 4.69) is 30.6 Å². The molecular formula is C18H22N8O. The van der Waals surface area contributed by atoms with Crippen LogP contribution in [0.2, 0.25) is 0 Å². The molecule has 1 saturated heterocycles. The first-order chi connectivity index (χ1) is 13.2. The van der Waals surface area contributed by atoms with Gasteiger partial charge in [0.2, 0.25) is 0 Å². The van der Waals surface area contributed by atoms with Crippen molar-refractivity contribution in [2.75, 3.05) is 18.4 Å². The average molecular weight is 366 g/mol. The van der Waals surface area contributed by atoms with Crippen LogP contribution in [0.1, 0.15) is 36.0 Å². The van der Waals surface area contributed by atoms with Crippen molar-refractivity contribution in [3.05, 3.63) is 54.1 Å². The van der Waals surface area contributed by atoms with Crippen molar-refractivity contribution in [2.24, 2.45) is 0 Å². The van der Waals surface area contributed by atoms with Crippen LogP contribution < -0.4 is 5.32 Å². The summed E-state index contributed by atoms with van der Waals surface area (Å²) >= 11 is 0.